The molecule has 0 radical (unpaired) electrons. The van der Waals surface area contributed by atoms with Crippen molar-refractivity contribution in [2.45, 2.75) is 38.1 Å². The summed E-state index contributed by atoms with van der Waals surface area (Å²) in [5, 5.41) is 3.02. The first kappa shape index (κ1) is 20.5. The van der Waals surface area contributed by atoms with Gasteiger partial charge in [-0.2, -0.15) is 0 Å². The molecule has 28 heavy (non-hydrogen) atoms. The number of rotatable bonds is 6. The maximum Gasteiger partial charge on any atom is 0.232 e. The molecule has 0 spiro atoms. The van der Waals surface area contributed by atoms with Crippen LogP contribution in [0.2, 0.25) is 0 Å². The third-order valence-corrected chi connectivity index (χ3v) is 6.36. The van der Waals surface area contributed by atoms with Crippen molar-refractivity contribution in [3.05, 3.63) is 65.2 Å². The van der Waals surface area contributed by atoms with E-state index in [1.165, 1.54) is 16.0 Å². The summed E-state index contributed by atoms with van der Waals surface area (Å²) in [4.78, 5) is 28.0. The van der Waals surface area contributed by atoms with E-state index in [2.05, 4.69) is 37.4 Å². The van der Waals surface area contributed by atoms with E-state index in [1.54, 1.807) is 11.8 Å². The molecule has 0 bridgehead atoms. The average molecular weight is 397 g/mol. The number of amides is 2. The normalized spacial score (nSPS) is 14.7. The minimum absolute atomic E-state index is 0.000525. The molecule has 148 valence electrons. The van der Waals surface area contributed by atoms with Crippen LogP contribution in [0.1, 0.15) is 29.5 Å². The van der Waals surface area contributed by atoms with Crippen molar-refractivity contribution in [1.82, 2.24) is 10.2 Å². The predicted molar refractivity (Wildman–Crippen MR) is 114 cm³/mol. The monoisotopic (exact) mass is 396 g/mol. The summed E-state index contributed by atoms with van der Waals surface area (Å²) in [6, 6.07) is 16.3. The Bertz CT molecular complexity index is 815. The molecule has 0 aromatic heterocycles. The topological polar surface area (TPSA) is 49.4 Å². The molecule has 1 aliphatic rings. The Kier molecular flexibility index (Phi) is 7.15. The maximum atomic E-state index is 12.6. The summed E-state index contributed by atoms with van der Waals surface area (Å²) < 4.78 is 0. The van der Waals surface area contributed by atoms with E-state index < -0.39 is 0 Å². The number of carbonyl (C=O) groups is 2. The van der Waals surface area contributed by atoms with E-state index >= 15 is 0 Å². The van der Waals surface area contributed by atoms with Crippen LogP contribution < -0.4 is 5.32 Å². The smallest absolute Gasteiger partial charge is 0.232 e. The van der Waals surface area contributed by atoms with Gasteiger partial charge in [0.1, 0.15) is 0 Å². The summed E-state index contributed by atoms with van der Waals surface area (Å²) in [7, 11) is 0. The molecule has 4 nitrogen and oxygen atoms in total. The van der Waals surface area contributed by atoms with E-state index in [-0.39, 0.29) is 17.7 Å². The van der Waals surface area contributed by atoms with Crippen molar-refractivity contribution in [2.75, 3.05) is 18.8 Å². The molecule has 2 amide bonds. The third-order valence-electron chi connectivity index (χ3n) is 5.22. The van der Waals surface area contributed by atoms with Gasteiger partial charge >= 0.3 is 0 Å². The van der Waals surface area contributed by atoms with Gasteiger partial charge in [-0.15, -0.1) is 11.8 Å². The first-order valence-corrected chi connectivity index (χ1v) is 10.8. The van der Waals surface area contributed by atoms with Crippen LogP contribution in [0, 0.1) is 19.8 Å². The molecule has 3 rings (SSSR count). The van der Waals surface area contributed by atoms with Gasteiger partial charge in [0.2, 0.25) is 11.8 Å². The highest BCUT2D eigenvalue weighted by molar-refractivity contribution is 8.00. The summed E-state index contributed by atoms with van der Waals surface area (Å²) in [6.07, 6.45) is 1.47. The van der Waals surface area contributed by atoms with Crippen molar-refractivity contribution in [3.63, 3.8) is 0 Å². The highest BCUT2D eigenvalue weighted by atomic mass is 32.2. The molecule has 1 saturated heterocycles. The highest BCUT2D eigenvalue weighted by Gasteiger charge is 2.27. The number of piperidine rings is 1. The van der Waals surface area contributed by atoms with Crippen LogP contribution in [0.15, 0.2) is 53.4 Å². The number of hydrogen-bond acceptors (Lipinski definition) is 3. The van der Waals surface area contributed by atoms with Crippen molar-refractivity contribution >= 4 is 23.6 Å². The highest BCUT2D eigenvalue weighted by Crippen LogP contribution is 2.25. The molecular weight excluding hydrogens is 368 g/mol. The van der Waals surface area contributed by atoms with Gasteiger partial charge in [0.05, 0.1) is 5.75 Å². The van der Waals surface area contributed by atoms with Crippen LogP contribution in [0.3, 0.4) is 0 Å². The van der Waals surface area contributed by atoms with E-state index in [0.29, 0.717) is 25.4 Å². The molecule has 0 unspecified atom stereocenters. The lowest BCUT2D eigenvalue weighted by Crippen LogP contribution is -2.43. The Hall–Kier alpha value is -2.27. The van der Waals surface area contributed by atoms with E-state index in [4.69, 9.17) is 0 Å². The molecule has 0 aliphatic carbocycles. The second-order valence-corrected chi connectivity index (χ2v) is 8.43. The summed E-state index contributed by atoms with van der Waals surface area (Å²) >= 11 is 1.61. The number of benzene rings is 2. The Morgan fingerprint density at radius 2 is 1.79 bits per heavy atom. The Morgan fingerprint density at radius 1 is 1.07 bits per heavy atom. The zero-order valence-electron chi connectivity index (χ0n) is 16.6. The summed E-state index contributed by atoms with van der Waals surface area (Å²) in [5.74, 6) is 0.712. The number of carbonyl (C=O) groups excluding carboxylic acids is 2. The quantitative estimate of drug-likeness (QED) is 0.752. The van der Waals surface area contributed by atoms with Gasteiger partial charge < -0.3 is 10.2 Å². The van der Waals surface area contributed by atoms with Crippen molar-refractivity contribution in [1.29, 1.82) is 0 Å². The lowest BCUT2D eigenvalue weighted by Gasteiger charge is -2.31. The van der Waals surface area contributed by atoms with Crippen molar-refractivity contribution < 1.29 is 9.59 Å². The lowest BCUT2D eigenvalue weighted by molar-refractivity contribution is -0.133. The number of aryl methyl sites for hydroxylation is 2. The fourth-order valence-electron chi connectivity index (χ4n) is 3.41. The minimum atomic E-state index is -0.000525. The predicted octanol–water partition coefficient (Wildman–Crippen LogP) is 3.95. The number of hydrogen-bond donors (Lipinski definition) is 1. The van der Waals surface area contributed by atoms with Crippen LogP contribution >= 0.6 is 11.8 Å². The second kappa shape index (κ2) is 9.78. The molecule has 1 N–H and O–H groups in total. The lowest BCUT2D eigenvalue weighted by atomic mass is 9.96. The van der Waals surface area contributed by atoms with Gasteiger partial charge in [-0.25, -0.2) is 0 Å². The van der Waals surface area contributed by atoms with Gasteiger partial charge in [-0.05, 0) is 43.9 Å². The fourth-order valence-corrected chi connectivity index (χ4v) is 4.44. The van der Waals surface area contributed by atoms with E-state index in [0.717, 1.165) is 18.4 Å². The number of thioether (sulfide) groups is 1. The maximum absolute atomic E-state index is 12.6. The Morgan fingerprint density at radius 3 is 2.50 bits per heavy atom. The summed E-state index contributed by atoms with van der Waals surface area (Å²) in [5.41, 5.74) is 3.52. The van der Waals surface area contributed by atoms with Crippen molar-refractivity contribution in [2.24, 2.45) is 5.92 Å². The van der Waals surface area contributed by atoms with Crippen molar-refractivity contribution in [3.8, 4) is 0 Å². The zero-order valence-corrected chi connectivity index (χ0v) is 17.4. The SMILES string of the molecule is Cc1ccc(C)c(SCC(=O)N2CCC(C(=O)NCc3ccccc3)CC2)c1. The third kappa shape index (κ3) is 5.61. The average Bonchev–Trinajstić information content (AvgIpc) is 2.73. The second-order valence-electron chi connectivity index (χ2n) is 7.42. The molecule has 0 saturated carbocycles. The number of nitrogens with one attached hydrogen (secondary N) is 1. The number of likely N-dealkylation sites (tertiary alicyclic amines) is 1. The largest absolute Gasteiger partial charge is 0.352 e. The zero-order chi connectivity index (χ0) is 19.9. The standard InChI is InChI=1S/C23H28N2O2S/c1-17-8-9-18(2)21(14-17)28-16-22(26)25-12-10-20(11-13-25)23(27)24-15-19-6-4-3-5-7-19/h3-9,14,20H,10-13,15-16H2,1-2H3,(H,24,27). The molecule has 0 atom stereocenters. The molecule has 1 aliphatic heterocycles. The van der Waals surface area contributed by atoms with Gasteiger partial charge in [-0.1, -0.05) is 48.0 Å². The molecule has 2 aromatic carbocycles. The van der Waals surface area contributed by atoms with Gasteiger partial charge in [-0.3, -0.25) is 9.59 Å². The Balaban J connectivity index is 1.42. The first-order valence-electron chi connectivity index (χ1n) is 9.82. The molecule has 2 aromatic rings. The van der Waals surface area contributed by atoms with Crippen LogP contribution in [0.4, 0.5) is 0 Å². The van der Waals surface area contributed by atoms with Crippen LogP contribution in [0.5, 0.6) is 0 Å². The van der Waals surface area contributed by atoms with Gasteiger partial charge in [0.15, 0.2) is 0 Å². The first-order chi connectivity index (χ1) is 13.5. The van der Waals surface area contributed by atoms with E-state index in [1.807, 2.05) is 35.2 Å². The molecule has 1 heterocycles. The fraction of sp³-hybridized carbons (Fsp3) is 0.391. The van der Waals surface area contributed by atoms with Crippen LogP contribution in [-0.2, 0) is 16.1 Å². The van der Waals surface area contributed by atoms with Gasteiger partial charge in [0.25, 0.3) is 0 Å². The summed E-state index contributed by atoms with van der Waals surface area (Å²) in [6.45, 7) is 6.03. The van der Waals surface area contributed by atoms with Crippen LogP contribution in [0.25, 0.3) is 0 Å². The van der Waals surface area contributed by atoms with E-state index in [9.17, 15) is 9.59 Å². The number of nitrogens with zero attached hydrogens (tertiary/aromatic N) is 1. The minimum Gasteiger partial charge on any atom is -0.352 e. The molecular formula is C23H28N2O2S. The Labute approximate surface area is 171 Å². The molecule has 5 heteroatoms. The van der Waals surface area contributed by atoms with Gasteiger partial charge in [0, 0.05) is 30.4 Å². The molecule has 1 fully saturated rings. The van der Waals surface area contributed by atoms with Crippen LogP contribution in [-0.4, -0.2) is 35.6 Å².